The highest BCUT2D eigenvalue weighted by Gasteiger charge is 2.46. The van der Waals surface area contributed by atoms with E-state index in [1.165, 1.54) is 5.56 Å². The molecule has 1 aliphatic heterocycles. The SMILES string of the molecule is CC1(CN)CCN(C(=O)C2(Cc3cccc(Cl)c3)CCCC2)C1. The van der Waals surface area contributed by atoms with Gasteiger partial charge in [0.05, 0.1) is 5.41 Å². The number of carbonyl (C=O) groups excluding carboxylic acids is 1. The van der Waals surface area contributed by atoms with Crippen LogP contribution in [0.5, 0.6) is 0 Å². The highest BCUT2D eigenvalue weighted by molar-refractivity contribution is 6.30. The standard InChI is InChI=1S/C19H27ClN2O/c1-18(13-21)9-10-22(14-18)17(23)19(7-2-3-8-19)12-15-5-4-6-16(20)11-15/h4-6,11H,2-3,7-10,12-14,21H2,1H3. The van der Waals surface area contributed by atoms with Gasteiger partial charge in [-0.3, -0.25) is 4.79 Å². The second kappa shape index (κ2) is 6.45. The van der Waals surface area contributed by atoms with Crippen molar-refractivity contribution in [3.05, 3.63) is 34.9 Å². The monoisotopic (exact) mass is 334 g/mol. The molecule has 1 saturated heterocycles. The Bertz CT molecular complexity index is 582. The number of halogens is 1. The second-order valence-electron chi connectivity index (χ2n) is 7.79. The van der Waals surface area contributed by atoms with Crippen molar-refractivity contribution in [3.8, 4) is 0 Å². The molecule has 0 bridgehead atoms. The molecule has 1 saturated carbocycles. The number of benzene rings is 1. The predicted octanol–water partition coefficient (Wildman–Crippen LogP) is 3.64. The van der Waals surface area contributed by atoms with Crippen LogP contribution in [0.2, 0.25) is 5.02 Å². The van der Waals surface area contributed by atoms with Gasteiger partial charge in [0.2, 0.25) is 5.91 Å². The van der Waals surface area contributed by atoms with Crippen molar-refractivity contribution in [2.24, 2.45) is 16.6 Å². The molecular formula is C19H27ClN2O. The van der Waals surface area contributed by atoms with Gasteiger partial charge in [-0.25, -0.2) is 0 Å². The van der Waals surface area contributed by atoms with E-state index in [4.69, 9.17) is 17.3 Å². The summed E-state index contributed by atoms with van der Waals surface area (Å²) >= 11 is 6.13. The first-order valence-corrected chi connectivity index (χ1v) is 9.08. The molecule has 1 aliphatic carbocycles. The van der Waals surface area contributed by atoms with Crippen LogP contribution in [0.1, 0.15) is 44.6 Å². The molecule has 23 heavy (non-hydrogen) atoms. The Hall–Kier alpha value is -1.06. The quantitative estimate of drug-likeness (QED) is 0.913. The van der Waals surface area contributed by atoms with Crippen molar-refractivity contribution in [1.82, 2.24) is 4.90 Å². The Morgan fingerprint density at radius 1 is 1.30 bits per heavy atom. The summed E-state index contributed by atoms with van der Waals surface area (Å²) in [7, 11) is 0. The molecule has 1 atom stereocenters. The summed E-state index contributed by atoms with van der Waals surface area (Å²) in [6, 6.07) is 7.96. The Morgan fingerprint density at radius 3 is 2.65 bits per heavy atom. The van der Waals surface area contributed by atoms with Gasteiger partial charge in [-0.2, -0.15) is 0 Å². The summed E-state index contributed by atoms with van der Waals surface area (Å²) < 4.78 is 0. The summed E-state index contributed by atoms with van der Waals surface area (Å²) in [6.45, 7) is 4.50. The van der Waals surface area contributed by atoms with E-state index in [-0.39, 0.29) is 10.8 Å². The van der Waals surface area contributed by atoms with Crippen molar-refractivity contribution < 1.29 is 4.79 Å². The van der Waals surface area contributed by atoms with Gasteiger partial charge >= 0.3 is 0 Å². The van der Waals surface area contributed by atoms with Crippen LogP contribution < -0.4 is 5.73 Å². The fourth-order valence-corrected chi connectivity index (χ4v) is 4.47. The third-order valence-electron chi connectivity index (χ3n) is 5.78. The summed E-state index contributed by atoms with van der Waals surface area (Å²) in [5.41, 5.74) is 6.94. The summed E-state index contributed by atoms with van der Waals surface area (Å²) in [5, 5.41) is 0.750. The number of rotatable bonds is 4. The van der Waals surface area contributed by atoms with Gasteiger partial charge in [-0.05, 0) is 55.3 Å². The molecule has 0 spiro atoms. The van der Waals surface area contributed by atoms with Crippen molar-refractivity contribution in [2.75, 3.05) is 19.6 Å². The van der Waals surface area contributed by atoms with Gasteiger partial charge in [0.25, 0.3) is 0 Å². The first-order valence-electron chi connectivity index (χ1n) is 8.70. The number of nitrogens with two attached hydrogens (primary N) is 1. The third-order valence-corrected chi connectivity index (χ3v) is 6.02. The molecule has 2 aliphatic rings. The van der Waals surface area contributed by atoms with E-state index in [2.05, 4.69) is 17.9 Å². The minimum absolute atomic E-state index is 0.0888. The Kier molecular flexibility index (Phi) is 4.70. The van der Waals surface area contributed by atoms with E-state index in [0.717, 1.165) is 56.6 Å². The summed E-state index contributed by atoms with van der Waals surface area (Å²) in [5.74, 6) is 0.340. The zero-order valence-corrected chi connectivity index (χ0v) is 14.7. The molecule has 1 heterocycles. The fourth-order valence-electron chi connectivity index (χ4n) is 4.25. The van der Waals surface area contributed by atoms with E-state index in [1.54, 1.807) is 0 Å². The smallest absolute Gasteiger partial charge is 0.229 e. The topological polar surface area (TPSA) is 46.3 Å². The number of amides is 1. The minimum atomic E-state index is -0.232. The highest BCUT2D eigenvalue weighted by Crippen LogP contribution is 2.44. The lowest BCUT2D eigenvalue weighted by Crippen LogP contribution is -2.44. The molecular weight excluding hydrogens is 308 g/mol. The largest absolute Gasteiger partial charge is 0.342 e. The van der Waals surface area contributed by atoms with Gasteiger partial charge < -0.3 is 10.6 Å². The predicted molar refractivity (Wildman–Crippen MR) is 94.4 cm³/mol. The van der Waals surface area contributed by atoms with E-state index < -0.39 is 0 Å². The van der Waals surface area contributed by atoms with Crippen molar-refractivity contribution >= 4 is 17.5 Å². The zero-order chi connectivity index (χ0) is 16.5. The highest BCUT2D eigenvalue weighted by atomic mass is 35.5. The Labute approximate surface area is 144 Å². The van der Waals surface area contributed by atoms with Gasteiger partial charge in [-0.15, -0.1) is 0 Å². The van der Waals surface area contributed by atoms with Gasteiger partial charge in [-0.1, -0.05) is 43.5 Å². The molecule has 0 radical (unpaired) electrons. The molecule has 1 aromatic rings. The molecule has 3 rings (SSSR count). The average molecular weight is 335 g/mol. The van der Waals surface area contributed by atoms with Crippen LogP contribution in [0.15, 0.2) is 24.3 Å². The van der Waals surface area contributed by atoms with Crippen molar-refractivity contribution in [1.29, 1.82) is 0 Å². The van der Waals surface area contributed by atoms with Crippen LogP contribution in [0, 0.1) is 10.8 Å². The first-order chi connectivity index (χ1) is 11.0. The Balaban J connectivity index is 1.79. The molecule has 1 aromatic carbocycles. The minimum Gasteiger partial charge on any atom is -0.342 e. The molecule has 1 unspecified atom stereocenters. The number of likely N-dealkylation sites (tertiary alicyclic amines) is 1. The average Bonchev–Trinajstić information content (AvgIpc) is 3.15. The van der Waals surface area contributed by atoms with Gasteiger partial charge in [0.1, 0.15) is 0 Å². The molecule has 4 heteroatoms. The van der Waals surface area contributed by atoms with Gasteiger partial charge in [0, 0.05) is 18.1 Å². The number of carbonyl (C=O) groups is 1. The number of hydrogen-bond acceptors (Lipinski definition) is 2. The van der Waals surface area contributed by atoms with Crippen LogP contribution in [0.25, 0.3) is 0 Å². The van der Waals surface area contributed by atoms with Crippen LogP contribution in [-0.2, 0) is 11.2 Å². The van der Waals surface area contributed by atoms with Gasteiger partial charge in [0.15, 0.2) is 0 Å². The molecule has 3 nitrogen and oxygen atoms in total. The third kappa shape index (κ3) is 3.41. The molecule has 1 amide bonds. The molecule has 2 fully saturated rings. The fraction of sp³-hybridized carbons (Fsp3) is 0.632. The molecule has 0 aromatic heterocycles. The van der Waals surface area contributed by atoms with E-state index in [1.807, 2.05) is 18.2 Å². The zero-order valence-electron chi connectivity index (χ0n) is 14.0. The lowest BCUT2D eigenvalue weighted by Gasteiger charge is -2.33. The lowest BCUT2D eigenvalue weighted by molar-refractivity contribution is -0.141. The molecule has 2 N–H and O–H groups in total. The summed E-state index contributed by atoms with van der Waals surface area (Å²) in [4.78, 5) is 15.4. The normalized spacial score (nSPS) is 26.7. The van der Waals surface area contributed by atoms with Crippen LogP contribution in [-0.4, -0.2) is 30.4 Å². The van der Waals surface area contributed by atoms with E-state index in [9.17, 15) is 4.79 Å². The van der Waals surface area contributed by atoms with E-state index in [0.29, 0.717) is 12.5 Å². The lowest BCUT2D eigenvalue weighted by atomic mass is 9.78. The van der Waals surface area contributed by atoms with Crippen molar-refractivity contribution in [2.45, 2.75) is 45.4 Å². The van der Waals surface area contributed by atoms with Crippen LogP contribution in [0.4, 0.5) is 0 Å². The van der Waals surface area contributed by atoms with Crippen LogP contribution >= 0.6 is 11.6 Å². The second-order valence-corrected chi connectivity index (χ2v) is 8.22. The van der Waals surface area contributed by atoms with Crippen LogP contribution in [0.3, 0.4) is 0 Å². The first kappa shape index (κ1) is 16.8. The molecule has 126 valence electrons. The maximum atomic E-state index is 13.3. The number of hydrogen-bond donors (Lipinski definition) is 1. The van der Waals surface area contributed by atoms with E-state index >= 15 is 0 Å². The maximum absolute atomic E-state index is 13.3. The summed E-state index contributed by atoms with van der Waals surface area (Å²) in [6.07, 6.45) is 6.11. The number of nitrogens with zero attached hydrogens (tertiary/aromatic N) is 1. The van der Waals surface area contributed by atoms with Crippen molar-refractivity contribution in [3.63, 3.8) is 0 Å². The maximum Gasteiger partial charge on any atom is 0.229 e. The Morgan fingerprint density at radius 2 is 2.04 bits per heavy atom.